The summed E-state index contributed by atoms with van der Waals surface area (Å²) in [5.74, 6) is 0. The topological polar surface area (TPSA) is 43.8 Å². The average molecular weight is 215 g/mol. The number of aryl methyl sites for hydroxylation is 1. The lowest BCUT2D eigenvalue weighted by Gasteiger charge is -2.11. The third-order valence-electron chi connectivity index (χ3n) is 2.72. The lowest BCUT2D eigenvalue weighted by molar-refractivity contribution is 0.549. The number of rotatable bonds is 5. The zero-order valence-electron chi connectivity index (χ0n) is 9.29. The molecule has 16 heavy (non-hydrogen) atoms. The van der Waals surface area contributed by atoms with Crippen molar-refractivity contribution in [3.8, 4) is 0 Å². The molecule has 0 aliphatic heterocycles. The van der Waals surface area contributed by atoms with Crippen LogP contribution in [0.25, 0.3) is 0 Å². The molecule has 1 heterocycles. The molecule has 0 saturated heterocycles. The third-order valence-corrected chi connectivity index (χ3v) is 2.72. The van der Waals surface area contributed by atoms with Crippen LogP contribution in [-0.2, 0) is 6.54 Å². The van der Waals surface area contributed by atoms with Crippen LogP contribution < -0.4 is 5.73 Å². The molecule has 2 aromatic rings. The number of hydrogen-bond donors (Lipinski definition) is 1. The number of benzene rings is 1. The molecule has 2 N–H and O–H groups in total. The van der Waals surface area contributed by atoms with E-state index in [0.29, 0.717) is 0 Å². The number of imidazole rings is 1. The zero-order chi connectivity index (χ0) is 11.2. The molecule has 0 bridgehead atoms. The Labute approximate surface area is 95.9 Å². The van der Waals surface area contributed by atoms with Gasteiger partial charge in [-0.2, -0.15) is 0 Å². The standard InChI is InChI=1S/C13H17N3/c14-13(12-5-2-1-3-6-12)7-4-9-16-10-8-15-11-16/h1-3,5-6,8,10-11,13H,4,7,9,14H2. The Bertz CT molecular complexity index is 394. The minimum absolute atomic E-state index is 0.143. The zero-order valence-corrected chi connectivity index (χ0v) is 9.29. The third kappa shape index (κ3) is 2.94. The van der Waals surface area contributed by atoms with E-state index in [0.717, 1.165) is 19.4 Å². The van der Waals surface area contributed by atoms with Crippen molar-refractivity contribution in [2.75, 3.05) is 0 Å². The van der Waals surface area contributed by atoms with Gasteiger partial charge in [-0.15, -0.1) is 0 Å². The maximum Gasteiger partial charge on any atom is 0.0945 e. The normalized spacial score (nSPS) is 12.6. The maximum absolute atomic E-state index is 6.11. The quantitative estimate of drug-likeness (QED) is 0.832. The molecule has 3 heteroatoms. The van der Waals surface area contributed by atoms with Gasteiger partial charge in [-0.25, -0.2) is 4.98 Å². The van der Waals surface area contributed by atoms with Crippen LogP contribution in [0.3, 0.4) is 0 Å². The van der Waals surface area contributed by atoms with Gasteiger partial charge in [-0.05, 0) is 18.4 Å². The molecule has 0 amide bonds. The van der Waals surface area contributed by atoms with Crippen LogP contribution in [0.15, 0.2) is 49.1 Å². The second-order valence-corrected chi connectivity index (χ2v) is 3.96. The lowest BCUT2D eigenvalue weighted by Crippen LogP contribution is -2.11. The van der Waals surface area contributed by atoms with Crippen molar-refractivity contribution < 1.29 is 0 Å². The highest BCUT2D eigenvalue weighted by atomic mass is 15.0. The molecule has 0 fully saturated rings. The Morgan fingerprint density at radius 1 is 1.25 bits per heavy atom. The molecular formula is C13H17N3. The highest BCUT2D eigenvalue weighted by molar-refractivity contribution is 5.18. The SMILES string of the molecule is NC(CCCn1ccnc1)c1ccccc1. The van der Waals surface area contributed by atoms with Crippen LogP contribution in [0.4, 0.5) is 0 Å². The van der Waals surface area contributed by atoms with Crippen molar-refractivity contribution in [3.63, 3.8) is 0 Å². The lowest BCUT2D eigenvalue weighted by atomic mass is 10.0. The summed E-state index contributed by atoms with van der Waals surface area (Å²) in [7, 11) is 0. The number of aromatic nitrogens is 2. The van der Waals surface area contributed by atoms with Crippen molar-refractivity contribution in [3.05, 3.63) is 54.6 Å². The summed E-state index contributed by atoms with van der Waals surface area (Å²) in [6.07, 6.45) is 7.70. The number of nitrogens with zero attached hydrogens (tertiary/aromatic N) is 2. The van der Waals surface area contributed by atoms with Gasteiger partial charge in [0.15, 0.2) is 0 Å². The first-order valence-electron chi connectivity index (χ1n) is 5.62. The molecule has 0 aliphatic rings. The molecule has 0 radical (unpaired) electrons. The molecule has 3 nitrogen and oxygen atoms in total. The van der Waals surface area contributed by atoms with Crippen molar-refractivity contribution >= 4 is 0 Å². The van der Waals surface area contributed by atoms with E-state index in [-0.39, 0.29) is 6.04 Å². The van der Waals surface area contributed by atoms with Gasteiger partial charge in [0.25, 0.3) is 0 Å². The van der Waals surface area contributed by atoms with Crippen LogP contribution >= 0.6 is 0 Å². The predicted octanol–water partition coefficient (Wildman–Crippen LogP) is 2.36. The molecule has 1 unspecified atom stereocenters. The first kappa shape index (κ1) is 10.9. The van der Waals surface area contributed by atoms with Crippen LogP contribution in [-0.4, -0.2) is 9.55 Å². The van der Waals surface area contributed by atoms with Crippen molar-refractivity contribution in [2.45, 2.75) is 25.4 Å². The van der Waals surface area contributed by atoms with Gasteiger partial charge >= 0.3 is 0 Å². The first-order valence-corrected chi connectivity index (χ1v) is 5.62. The van der Waals surface area contributed by atoms with Gasteiger partial charge in [0, 0.05) is 25.0 Å². The van der Waals surface area contributed by atoms with Crippen molar-refractivity contribution in [2.24, 2.45) is 5.73 Å². The molecule has 1 atom stereocenters. The van der Waals surface area contributed by atoms with Gasteiger partial charge in [0.1, 0.15) is 0 Å². The van der Waals surface area contributed by atoms with E-state index in [4.69, 9.17) is 5.73 Å². The Hall–Kier alpha value is -1.61. The van der Waals surface area contributed by atoms with Gasteiger partial charge in [-0.1, -0.05) is 30.3 Å². The van der Waals surface area contributed by atoms with Gasteiger partial charge in [-0.3, -0.25) is 0 Å². The fourth-order valence-electron chi connectivity index (χ4n) is 1.78. The summed E-state index contributed by atoms with van der Waals surface area (Å²) in [6.45, 7) is 0.987. The minimum Gasteiger partial charge on any atom is -0.337 e. The fraction of sp³-hybridized carbons (Fsp3) is 0.308. The predicted molar refractivity (Wildman–Crippen MR) is 64.8 cm³/mol. The Morgan fingerprint density at radius 3 is 2.75 bits per heavy atom. The summed E-state index contributed by atoms with van der Waals surface area (Å²) < 4.78 is 2.08. The Balaban J connectivity index is 1.78. The van der Waals surface area contributed by atoms with Crippen molar-refractivity contribution in [1.82, 2.24) is 9.55 Å². The largest absolute Gasteiger partial charge is 0.337 e. The Kier molecular flexibility index (Phi) is 3.72. The second kappa shape index (κ2) is 5.47. The summed E-state index contributed by atoms with van der Waals surface area (Å²) in [5.41, 5.74) is 7.33. The van der Waals surface area contributed by atoms with Crippen LogP contribution in [0, 0.1) is 0 Å². The van der Waals surface area contributed by atoms with Crippen LogP contribution in [0.1, 0.15) is 24.4 Å². The molecule has 0 aliphatic carbocycles. The van der Waals surface area contributed by atoms with Gasteiger partial charge < -0.3 is 10.3 Å². The maximum atomic E-state index is 6.11. The molecule has 1 aromatic carbocycles. The van der Waals surface area contributed by atoms with Gasteiger partial charge in [0.2, 0.25) is 0 Å². The van der Waals surface area contributed by atoms with Crippen LogP contribution in [0.5, 0.6) is 0 Å². The summed E-state index contributed by atoms with van der Waals surface area (Å²) >= 11 is 0. The molecule has 84 valence electrons. The molecular weight excluding hydrogens is 198 g/mol. The monoisotopic (exact) mass is 215 g/mol. The Morgan fingerprint density at radius 2 is 2.06 bits per heavy atom. The molecule has 1 aromatic heterocycles. The van der Waals surface area contributed by atoms with E-state index >= 15 is 0 Å². The van der Waals surface area contributed by atoms with E-state index in [1.807, 2.05) is 30.7 Å². The van der Waals surface area contributed by atoms with E-state index < -0.39 is 0 Å². The minimum atomic E-state index is 0.143. The van der Waals surface area contributed by atoms with Gasteiger partial charge in [0.05, 0.1) is 6.33 Å². The van der Waals surface area contributed by atoms with E-state index in [1.165, 1.54) is 5.56 Å². The smallest absolute Gasteiger partial charge is 0.0945 e. The molecule has 2 rings (SSSR count). The second-order valence-electron chi connectivity index (χ2n) is 3.96. The summed E-state index contributed by atoms with van der Waals surface area (Å²) in [5, 5.41) is 0. The molecule has 0 spiro atoms. The summed E-state index contributed by atoms with van der Waals surface area (Å²) in [4.78, 5) is 4.01. The first-order chi connectivity index (χ1) is 7.86. The highest BCUT2D eigenvalue weighted by Gasteiger charge is 2.04. The van der Waals surface area contributed by atoms with Crippen LogP contribution in [0.2, 0.25) is 0 Å². The summed E-state index contributed by atoms with van der Waals surface area (Å²) in [6, 6.07) is 10.4. The fourth-order valence-corrected chi connectivity index (χ4v) is 1.78. The van der Waals surface area contributed by atoms with Crippen molar-refractivity contribution in [1.29, 1.82) is 0 Å². The molecule has 0 saturated carbocycles. The average Bonchev–Trinajstić information content (AvgIpc) is 2.83. The van der Waals surface area contributed by atoms with E-state index in [9.17, 15) is 0 Å². The van der Waals surface area contributed by atoms with E-state index in [2.05, 4.69) is 21.7 Å². The number of hydrogen-bond acceptors (Lipinski definition) is 2. The highest BCUT2D eigenvalue weighted by Crippen LogP contribution is 2.15. The van der Waals surface area contributed by atoms with E-state index in [1.54, 1.807) is 6.20 Å². The number of nitrogens with two attached hydrogens (primary N) is 1.